The average molecular weight is 256 g/mol. The van der Waals surface area contributed by atoms with E-state index in [1.807, 2.05) is 0 Å². The van der Waals surface area contributed by atoms with Gasteiger partial charge in [-0.05, 0) is 30.3 Å². The molecule has 0 saturated carbocycles. The van der Waals surface area contributed by atoms with E-state index in [1.54, 1.807) is 12.1 Å². The summed E-state index contributed by atoms with van der Waals surface area (Å²) in [5, 5.41) is 11.2. The molecule has 1 amide bonds. The molecule has 0 radical (unpaired) electrons. The van der Waals surface area contributed by atoms with Crippen molar-refractivity contribution in [2.45, 2.75) is 0 Å². The first kappa shape index (κ1) is 12.5. The van der Waals surface area contributed by atoms with E-state index in [0.29, 0.717) is 5.69 Å². The Labute approximate surface area is 108 Å². The number of aromatic nitrogens is 1. The third-order valence-corrected chi connectivity index (χ3v) is 2.43. The Balaban J connectivity index is 2.25. The number of carbonyl (C=O) groups excluding carboxylic acids is 1. The van der Waals surface area contributed by atoms with Crippen LogP contribution in [0.5, 0.6) is 0 Å². The van der Waals surface area contributed by atoms with Gasteiger partial charge < -0.3 is 11.1 Å². The second-order valence-electron chi connectivity index (χ2n) is 3.70. The highest BCUT2D eigenvalue weighted by molar-refractivity contribution is 6.07. The minimum Gasteiger partial charge on any atom is -0.383 e. The SMILES string of the molecule is N#Cc1cc(NC(=O)c2cccnc2N)ccc1F. The van der Waals surface area contributed by atoms with Gasteiger partial charge in [-0.25, -0.2) is 9.37 Å². The summed E-state index contributed by atoms with van der Waals surface area (Å²) in [6.45, 7) is 0. The lowest BCUT2D eigenvalue weighted by Gasteiger charge is -2.07. The molecule has 0 bridgehead atoms. The number of hydrogen-bond acceptors (Lipinski definition) is 4. The minimum atomic E-state index is -0.638. The number of benzene rings is 1. The number of amides is 1. The van der Waals surface area contributed by atoms with Crippen LogP contribution in [0.25, 0.3) is 0 Å². The lowest BCUT2D eigenvalue weighted by atomic mass is 10.2. The van der Waals surface area contributed by atoms with Crippen molar-refractivity contribution in [3.8, 4) is 6.07 Å². The number of rotatable bonds is 2. The zero-order chi connectivity index (χ0) is 13.8. The Bertz CT molecular complexity index is 679. The van der Waals surface area contributed by atoms with Crippen LogP contribution in [0.15, 0.2) is 36.5 Å². The van der Waals surface area contributed by atoms with Crippen molar-refractivity contribution in [1.29, 1.82) is 5.26 Å². The first-order valence-corrected chi connectivity index (χ1v) is 5.33. The summed E-state index contributed by atoms with van der Waals surface area (Å²) < 4.78 is 13.1. The van der Waals surface area contributed by atoms with Crippen LogP contribution >= 0.6 is 0 Å². The molecular weight excluding hydrogens is 247 g/mol. The highest BCUT2D eigenvalue weighted by Gasteiger charge is 2.11. The Kier molecular flexibility index (Phi) is 3.39. The summed E-state index contributed by atoms with van der Waals surface area (Å²) in [4.78, 5) is 15.7. The molecule has 0 saturated heterocycles. The van der Waals surface area contributed by atoms with Gasteiger partial charge in [0, 0.05) is 11.9 Å². The van der Waals surface area contributed by atoms with Gasteiger partial charge in [-0.3, -0.25) is 4.79 Å². The molecule has 19 heavy (non-hydrogen) atoms. The number of anilines is 2. The van der Waals surface area contributed by atoms with Gasteiger partial charge in [0.15, 0.2) is 0 Å². The van der Waals surface area contributed by atoms with Gasteiger partial charge in [0.1, 0.15) is 17.7 Å². The van der Waals surface area contributed by atoms with Crippen LogP contribution < -0.4 is 11.1 Å². The molecular formula is C13H9FN4O. The molecule has 5 nitrogen and oxygen atoms in total. The van der Waals surface area contributed by atoms with E-state index in [2.05, 4.69) is 10.3 Å². The summed E-state index contributed by atoms with van der Waals surface area (Å²) in [7, 11) is 0. The third-order valence-electron chi connectivity index (χ3n) is 2.43. The Hall–Kier alpha value is -2.94. The van der Waals surface area contributed by atoms with Crippen LogP contribution in [0.2, 0.25) is 0 Å². The van der Waals surface area contributed by atoms with Crippen molar-refractivity contribution in [2.24, 2.45) is 0 Å². The normalized spacial score (nSPS) is 9.68. The van der Waals surface area contributed by atoms with E-state index in [-0.39, 0.29) is 16.9 Å². The fourth-order valence-corrected chi connectivity index (χ4v) is 1.50. The average Bonchev–Trinajstić information content (AvgIpc) is 2.41. The van der Waals surface area contributed by atoms with Crippen molar-refractivity contribution in [1.82, 2.24) is 4.98 Å². The molecule has 1 aromatic heterocycles. The number of nitrogens with zero attached hydrogens (tertiary/aromatic N) is 2. The highest BCUT2D eigenvalue weighted by atomic mass is 19.1. The fourth-order valence-electron chi connectivity index (χ4n) is 1.50. The molecule has 0 unspecified atom stereocenters. The van der Waals surface area contributed by atoms with Crippen LogP contribution in [0.4, 0.5) is 15.9 Å². The maximum Gasteiger partial charge on any atom is 0.259 e. The van der Waals surface area contributed by atoms with Crippen molar-refractivity contribution in [3.63, 3.8) is 0 Å². The van der Waals surface area contributed by atoms with Gasteiger partial charge in [-0.2, -0.15) is 5.26 Å². The first-order valence-electron chi connectivity index (χ1n) is 5.33. The maximum absolute atomic E-state index is 13.1. The molecule has 0 aliphatic rings. The molecule has 1 aromatic carbocycles. The topological polar surface area (TPSA) is 91.8 Å². The monoisotopic (exact) mass is 256 g/mol. The van der Waals surface area contributed by atoms with Crippen molar-refractivity contribution in [3.05, 3.63) is 53.5 Å². The first-order chi connectivity index (χ1) is 9.11. The van der Waals surface area contributed by atoms with Gasteiger partial charge in [-0.1, -0.05) is 0 Å². The lowest BCUT2D eigenvalue weighted by molar-refractivity contribution is 0.102. The fraction of sp³-hybridized carbons (Fsp3) is 0. The van der Waals surface area contributed by atoms with Crippen molar-refractivity contribution < 1.29 is 9.18 Å². The number of hydrogen-bond donors (Lipinski definition) is 2. The molecule has 3 N–H and O–H groups in total. The van der Waals surface area contributed by atoms with Gasteiger partial charge in [0.05, 0.1) is 11.1 Å². The van der Waals surface area contributed by atoms with E-state index in [9.17, 15) is 9.18 Å². The third kappa shape index (κ3) is 2.66. The Morgan fingerprint density at radius 3 is 2.89 bits per heavy atom. The summed E-state index contributed by atoms with van der Waals surface area (Å²) in [5.74, 6) is -1.01. The number of carbonyl (C=O) groups is 1. The highest BCUT2D eigenvalue weighted by Crippen LogP contribution is 2.16. The van der Waals surface area contributed by atoms with E-state index in [4.69, 9.17) is 11.0 Å². The zero-order valence-electron chi connectivity index (χ0n) is 9.72. The minimum absolute atomic E-state index is 0.0996. The number of nitrogens with one attached hydrogen (secondary N) is 1. The van der Waals surface area contributed by atoms with Crippen LogP contribution in [-0.4, -0.2) is 10.9 Å². The maximum atomic E-state index is 13.1. The number of pyridine rings is 1. The number of nitriles is 1. The molecule has 0 fully saturated rings. The summed E-state index contributed by atoms with van der Waals surface area (Å²) >= 11 is 0. The molecule has 0 spiro atoms. The molecule has 0 atom stereocenters. The second kappa shape index (κ2) is 5.14. The van der Waals surface area contributed by atoms with E-state index < -0.39 is 11.7 Å². The predicted octanol–water partition coefficient (Wildman–Crippen LogP) is 1.93. The second-order valence-corrected chi connectivity index (χ2v) is 3.70. The van der Waals surface area contributed by atoms with Gasteiger partial charge in [0.2, 0.25) is 0 Å². The van der Waals surface area contributed by atoms with Crippen molar-refractivity contribution in [2.75, 3.05) is 11.1 Å². The predicted molar refractivity (Wildman–Crippen MR) is 67.7 cm³/mol. The largest absolute Gasteiger partial charge is 0.383 e. The smallest absolute Gasteiger partial charge is 0.259 e. The van der Waals surface area contributed by atoms with Crippen LogP contribution in [0.3, 0.4) is 0 Å². The van der Waals surface area contributed by atoms with Crippen LogP contribution in [0.1, 0.15) is 15.9 Å². The quantitative estimate of drug-likeness (QED) is 0.858. The van der Waals surface area contributed by atoms with Crippen LogP contribution in [-0.2, 0) is 0 Å². The molecule has 2 rings (SSSR count). The zero-order valence-corrected chi connectivity index (χ0v) is 9.72. The molecule has 6 heteroatoms. The Morgan fingerprint density at radius 1 is 1.42 bits per heavy atom. The summed E-state index contributed by atoms with van der Waals surface area (Å²) in [5.41, 5.74) is 5.95. The van der Waals surface area contributed by atoms with E-state index in [1.165, 1.54) is 24.4 Å². The lowest BCUT2D eigenvalue weighted by Crippen LogP contribution is -2.14. The number of nitrogen functional groups attached to an aromatic ring is 1. The summed E-state index contributed by atoms with van der Waals surface area (Å²) in [6, 6.07) is 8.52. The molecule has 0 aliphatic carbocycles. The Morgan fingerprint density at radius 2 is 2.21 bits per heavy atom. The van der Waals surface area contributed by atoms with E-state index >= 15 is 0 Å². The summed E-state index contributed by atoms with van der Waals surface area (Å²) in [6.07, 6.45) is 1.47. The molecule has 2 aromatic rings. The van der Waals surface area contributed by atoms with Crippen molar-refractivity contribution >= 4 is 17.4 Å². The standard InChI is InChI=1S/C13H9FN4O/c14-11-4-3-9(6-8(11)7-15)18-13(19)10-2-1-5-17-12(10)16/h1-6H,(H2,16,17)(H,18,19). The van der Waals surface area contributed by atoms with Gasteiger partial charge in [-0.15, -0.1) is 0 Å². The van der Waals surface area contributed by atoms with Crippen LogP contribution in [0, 0.1) is 17.1 Å². The molecule has 94 valence electrons. The molecule has 1 heterocycles. The van der Waals surface area contributed by atoms with E-state index in [0.717, 1.165) is 6.07 Å². The molecule has 0 aliphatic heterocycles. The number of halogens is 1. The van der Waals surface area contributed by atoms with Gasteiger partial charge in [0.25, 0.3) is 5.91 Å². The van der Waals surface area contributed by atoms with Gasteiger partial charge >= 0.3 is 0 Å². The number of nitrogens with two attached hydrogens (primary N) is 1.